The third kappa shape index (κ3) is 2.83. The molecule has 2 rings (SSSR count). The van der Waals surface area contributed by atoms with Gasteiger partial charge in [-0.3, -0.25) is 4.90 Å². The number of rotatable bonds is 3. The lowest BCUT2D eigenvalue weighted by atomic mass is 9.82. The molecule has 17 heavy (non-hydrogen) atoms. The van der Waals surface area contributed by atoms with Crippen LogP contribution in [0.2, 0.25) is 0 Å². The number of nitrogens with zero attached hydrogens (tertiary/aromatic N) is 1. The highest BCUT2D eigenvalue weighted by atomic mass is 16.5. The van der Waals surface area contributed by atoms with Crippen LogP contribution in [0.5, 0.6) is 0 Å². The molecule has 2 atom stereocenters. The molecular weight excluding hydrogens is 212 g/mol. The van der Waals surface area contributed by atoms with Gasteiger partial charge in [0.25, 0.3) is 0 Å². The first-order valence-electron chi connectivity index (χ1n) is 7.27. The average Bonchev–Trinajstić information content (AvgIpc) is 2.38. The Labute approximate surface area is 106 Å². The minimum absolute atomic E-state index is 0.233. The number of hydrogen-bond donors (Lipinski definition) is 1. The molecule has 0 aromatic carbocycles. The van der Waals surface area contributed by atoms with Crippen LogP contribution in [0.3, 0.4) is 0 Å². The maximum Gasteiger partial charge on any atom is 0.0565 e. The van der Waals surface area contributed by atoms with Crippen LogP contribution >= 0.6 is 0 Å². The van der Waals surface area contributed by atoms with Crippen molar-refractivity contribution in [3.05, 3.63) is 0 Å². The molecule has 0 saturated carbocycles. The molecule has 0 spiro atoms. The summed E-state index contributed by atoms with van der Waals surface area (Å²) in [6.07, 6.45) is 6.64. The van der Waals surface area contributed by atoms with Crippen molar-refractivity contribution in [2.75, 3.05) is 26.2 Å². The van der Waals surface area contributed by atoms with Gasteiger partial charge in [0.05, 0.1) is 6.10 Å². The fourth-order valence-electron chi connectivity index (χ4n) is 3.56. The van der Waals surface area contributed by atoms with Gasteiger partial charge in [-0.1, -0.05) is 13.3 Å². The van der Waals surface area contributed by atoms with Gasteiger partial charge in [-0.25, -0.2) is 0 Å². The summed E-state index contributed by atoms with van der Waals surface area (Å²) in [5.41, 5.74) is 6.33. The topological polar surface area (TPSA) is 38.5 Å². The molecule has 2 fully saturated rings. The fraction of sp³-hybridized carbons (Fsp3) is 1.00. The van der Waals surface area contributed by atoms with Gasteiger partial charge in [0.15, 0.2) is 0 Å². The summed E-state index contributed by atoms with van der Waals surface area (Å²) < 4.78 is 5.69. The smallest absolute Gasteiger partial charge is 0.0565 e. The van der Waals surface area contributed by atoms with Crippen molar-refractivity contribution >= 4 is 0 Å². The number of hydrogen-bond acceptors (Lipinski definition) is 3. The second-order valence-electron chi connectivity index (χ2n) is 5.90. The highest BCUT2D eigenvalue weighted by molar-refractivity contribution is 4.97. The highest BCUT2D eigenvalue weighted by Gasteiger charge is 2.40. The third-order valence-corrected chi connectivity index (χ3v) is 4.88. The van der Waals surface area contributed by atoms with Crippen LogP contribution in [0.25, 0.3) is 0 Å². The van der Waals surface area contributed by atoms with Gasteiger partial charge in [-0.15, -0.1) is 0 Å². The molecule has 100 valence electrons. The van der Waals surface area contributed by atoms with Gasteiger partial charge in [0, 0.05) is 18.7 Å². The van der Waals surface area contributed by atoms with Crippen LogP contribution in [-0.4, -0.2) is 42.8 Å². The van der Waals surface area contributed by atoms with Crippen molar-refractivity contribution in [2.45, 2.75) is 57.6 Å². The molecule has 2 unspecified atom stereocenters. The summed E-state index contributed by atoms with van der Waals surface area (Å²) in [4.78, 5) is 2.66. The van der Waals surface area contributed by atoms with Gasteiger partial charge in [-0.2, -0.15) is 0 Å². The van der Waals surface area contributed by atoms with Crippen molar-refractivity contribution in [3.8, 4) is 0 Å². The zero-order valence-corrected chi connectivity index (χ0v) is 11.5. The van der Waals surface area contributed by atoms with Gasteiger partial charge in [0.1, 0.15) is 0 Å². The Hall–Kier alpha value is -0.120. The quantitative estimate of drug-likeness (QED) is 0.820. The Morgan fingerprint density at radius 2 is 2.06 bits per heavy atom. The largest absolute Gasteiger partial charge is 0.378 e. The summed E-state index contributed by atoms with van der Waals surface area (Å²) in [5.74, 6) is 0.943. The summed E-state index contributed by atoms with van der Waals surface area (Å²) >= 11 is 0. The van der Waals surface area contributed by atoms with Crippen LogP contribution < -0.4 is 5.73 Å². The lowest BCUT2D eigenvalue weighted by Gasteiger charge is -2.50. The summed E-state index contributed by atoms with van der Waals surface area (Å²) in [6.45, 7) is 8.65. The SMILES string of the molecule is CCC1CCN(C2(CN)CCOC(C)C2)CC1. The van der Waals surface area contributed by atoms with E-state index in [1.54, 1.807) is 0 Å². The maximum absolute atomic E-state index is 6.10. The summed E-state index contributed by atoms with van der Waals surface area (Å²) in [5, 5.41) is 0. The van der Waals surface area contributed by atoms with E-state index in [1.165, 1.54) is 32.4 Å². The van der Waals surface area contributed by atoms with Crippen molar-refractivity contribution < 1.29 is 4.74 Å². The molecule has 2 heterocycles. The first-order valence-corrected chi connectivity index (χ1v) is 7.27. The fourth-order valence-corrected chi connectivity index (χ4v) is 3.56. The molecule has 0 aromatic heterocycles. The Kier molecular flexibility index (Phi) is 4.45. The molecule has 2 aliphatic rings. The second kappa shape index (κ2) is 5.68. The van der Waals surface area contributed by atoms with Gasteiger partial charge < -0.3 is 10.5 Å². The first-order chi connectivity index (χ1) is 8.20. The van der Waals surface area contributed by atoms with Crippen molar-refractivity contribution in [1.29, 1.82) is 0 Å². The van der Waals surface area contributed by atoms with Crippen LogP contribution in [0, 0.1) is 5.92 Å². The average molecular weight is 240 g/mol. The van der Waals surface area contributed by atoms with Gasteiger partial charge >= 0.3 is 0 Å². The van der Waals surface area contributed by atoms with E-state index in [2.05, 4.69) is 18.7 Å². The van der Waals surface area contributed by atoms with Crippen molar-refractivity contribution in [1.82, 2.24) is 4.90 Å². The van der Waals surface area contributed by atoms with E-state index in [4.69, 9.17) is 10.5 Å². The standard InChI is InChI=1S/C14H28N2O/c1-3-13-4-7-16(8-5-13)14(11-15)6-9-17-12(2)10-14/h12-13H,3-11,15H2,1-2H3. The molecule has 3 nitrogen and oxygen atoms in total. The number of nitrogens with two attached hydrogens (primary N) is 1. The first kappa shape index (κ1) is 13.3. The predicted octanol–water partition coefficient (Wildman–Crippen LogP) is 2.00. The van der Waals surface area contributed by atoms with E-state index in [-0.39, 0.29) is 5.54 Å². The molecular formula is C14H28N2O. The van der Waals surface area contributed by atoms with Crippen LogP contribution in [0.1, 0.15) is 46.0 Å². The summed E-state index contributed by atoms with van der Waals surface area (Å²) in [7, 11) is 0. The lowest BCUT2D eigenvalue weighted by Crippen LogP contribution is -2.60. The molecule has 3 heteroatoms. The maximum atomic E-state index is 6.10. The number of ether oxygens (including phenoxy) is 1. The monoisotopic (exact) mass is 240 g/mol. The Morgan fingerprint density at radius 3 is 2.59 bits per heavy atom. The molecule has 0 aliphatic carbocycles. The minimum Gasteiger partial charge on any atom is -0.378 e. The van der Waals surface area contributed by atoms with E-state index in [0.29, 0.717) is 6.10 Å². The van der Waals surface area contributed by atoms with Gasteiger partial charge in [0.2, 0.25) is 0 Å². The van der Waals surface area contributed by atoms with Crippen molar-refractivity contribution in [3.63, 3.8) is 0 Å². The second-order valence-corrected chi connectivity index (χ2v) is 5.90. The molecule has 0 amide bonds. The normalized spacial score (nSPS) is 37.2. The number of likely N-dealkylation sites (tertiary alicyclic amines) is 1. The lowest BCUT2D eigenvalue weighted by molar-refractivity contribution is -0.0723. The molecule has 2 N–H and O–H groups in total. The van der Waals surface area contributed by atoms with Gasteiger partial charge in [-0.05, 0) is 51.6 Å². The summed E-state index contributed by atoms with van der Waals surface area (Å²) in [6, 6.07) is 0. The molecule has 2 saturated heterocycles. The van der Waals surface area contributed by atoms with E-state index in [0.717, 1.165) is 31.9 Å². The molecule has 0 bridgehead atoms. The third-order valence-electron chi connectivity index (χ3n) is 4.88. The van der Waals surface area contributed by atoms with Crippen LogP contribution in [0.15, 0.2) is 0 Å². The zero-order chi connectivity index (χ0) is 12.3. The highest BCUT2D eigenvalue weighted by Crippen LogP contribution is 2.34. The Bertz CT molecular complexity index is 238. The van der Waals surface area contributed by atoms with E-state index in [1.807, 2.05) is 0 Å². The minimum atomic E-state index is 0.233. The molecule has 0 radical (unpaired) electrons. The van der Waals surface area contributed by atoms with E-state index < -0.39 is 0 Å². The predicted molar refractivity (Wildman–Crippen MR) is 71.0 cm³/mol. The van der Waals surface area contributed by atoms with Crippen molar-refractivity contribution in [2.24, 2.45) is 11.7 Å². The molecule has 2 aliphatic heterocycles. The molecule has 0 aromatic rings. The van der Waals surface area contributed by atoms with E-state index in [9.17, 15) is 0 Å². The van der Waals surface area contributed by atoms with Crippen LogP contribution in [0.4, 0.5) is 0 Å². The zero-order valence-electron chi connectivity index (χ0n) is 11.5. The number of piperidine rings is 1. The Balaban J connectivity index is 1.98. The van der Waals surface area contributed by atoms with Crippen LogP contribution in [-0.2, 0) is 4.74 Å². The Morgan fingerprint density at radius 1 is 1.35 bits per heavy atom. The van der Waals surface area contributed by atoms with E-state index >= 15 is 0 Å².